The van der Waals surface area contributed by atoms with Gasteiger partial charge in [0.15, 0.2) is 0 Å². The second kappa shape index (κ2) is 8.29. The van der Waals surface area contributed by atoms with E-state index >= 15 is 0 Å². The highest BCUT2D eigenvalue weighted by Gasteiger charge is 2.11. The van der Waals surface area contributed by atoms with Crippen molar-refractivity contribution in [2.24, 2.45) is 0 Å². The van der Waals surface area contributed by atoms with E-state index in [1.54, 1.807) is 7.11 Å². The lowest BCUT2D eigenvalue weighted by atomic mass is 10.3. The number of carbonyl (C=O) groups is 1. The number of carbonyl (C=O) groups excluding carboxylic acids is 1. The van der Waals surface area contributed by atoms with Crippen molar-refractivity contribution < 1.29 is 9.53 Å². The van der Waals surface area contributed by atoms with E-state index in [1.165, 1.54) is 4.90 Å². The van der Waals surface area contributed by atoms with Crippen LogP contribution in [0.3, 0.4) is 0 Å². The highest BCUT2D eigenvalue weighted by atomic mass is 32.2. The van der Waals surface area contributed by atoms with Gasteiger partial charge in [0.25, 0.3) is 0 Å². The van der Waals surface area contributed by atoms with Gasteiger partial charge in [0.1, 0.15) is 0 Å². The molecular weight excluding hydrogens is 272 g/mol. The van der Waals surface area contributed by atoms with Crippen molar-refractivity contribution in [3.05, 3.63) is 24.3 Å². The number of methoxy groups -OCH3 is 1. The molecule has 2 N–H and O–H groups in total. The molecule has 0 heterocycles. The molecule has 1 aromatic carbocycles. The molecule has 112 valence electrons. The van der Waals surface area contributed by atoms with Crippen LogP contribution in [-0.4, -0.2) is 37.5 Å². The Bertz CT molecular complexity index is 413. The molecule has 1 amide bonds. The smallest absolute Gasteiger partial charge is 0.238 e. The van der Waals surface area contributed by atoms with Gasteiger partial charge in [0, 0.05) is 29.0 Å². The third-order valence-corrected chi connectivity index (χ3v) is 3.45. The molecule has 4 nitrogen and oxygen atoms in total. The third kappa shape index (κ3) is 7.53. The molecule has 0 saturated heterocycles. The van der Waals surface area contributed by atoms with Gasteiger partial charge in [-0.25, -0.2) is 0 Å². The van der Waals surface area contributed by atoms with E-state index in [0.717, 1.165) is 5.69 Å². The maximum Gasteiger partial charge on any atom is 0.238 e. The lowest BCUT2D eigenvalue weighted by Crippen LogP contribution is -2.30. The molecule has 0 aliphatic carbocycles. The number of benzene rings is 1. The molecule has 0 radical (unpaired) electrons. The Balaban J connectivity index is 2.39. The first-order valence-corrected chi connectivity index (χ1v) is 7.51. The van der Waals surface area contributed by atoms with Gasteiger partial charge in [0.05, 0.1) is 13.2 Å². The Hall–Kier alpha value is -1.04. The van der Waals surface area contributed by atoms with E-state index < -0.39 is 0 Å². The average Bonchev–Trinajstić information content (AvgIpc) is 2.35. The monoisotopic (exact) mass is 296 g/mol. The van der Waals surface area contributed by atoms with Crippen LogP contribution < -0.4 is 10.6 Å². The molecule has 0 unspecified atom stereocenters. The van der Waals surface area contributed by atoms with Crippen molar-refractivity contribution in [1.82, 2.24) is 5.32 Å². The van der Waals surface area contributed by atoms with Gasteiger partial charge in [-0.3, -0.25) is 4.79 Å². The minimum atomic E-state index is -0.0441. The first-order valence-electron chi connectivity index (χ1n) is 6.69. The topological polar surface area (TPSA) is 50.4 Å². The van der Waals surface area contributed by atoms with Crippen LogP contribution in [0.2, 0.25) is 0 Å². The molecule has 0 bridgehead atoms. The van der Waals surface area contributed by atoms with Crippen molar-refractivity contribution in [3.63, 3.8) is 0 Å². The minimum Gasteiger partial charge on any atom is -0.383 e. The molecule has 0 spiro atoms. The molecule has 0 atom stereocenters. The van der Waals surface area contributed by atoms with Gasteiger partial charge in [-0.05, 0) is 24.3 Å². The molecule has 0 saturated carbocycles. The lowest BCUT2D eigenvalue weighted by Gasteiger charge is -2.17. The number of hydrogen-bond acceptors (Lipinski definition) is 4. The normalized spacial score (nSPS) is 11.4. The Kier molecular flexibility index (Phi) is 7.05. The molecule has 5 heteroatoms. The first kappa shape index (κ1) is 17.0. The van der Waals surface area contributed by atoms with Gasteiger partial charge < -0.3 is 15.4 Å². The zero-order chi connectivity index (χ0) is 15.0. The van der Waals surface area contributed by atoms with E-state index in [9.17, 15) is 4.79 Å². The summed E-state index contributed by atoms with van der Waals surface area (Å²) in [6, 6.07) is 7.93. The van der Waals surface area contributed by atoms with E-state index in [-0.39, 0.29) is 10.7 Å². The summed E-state index contributed by atoms with van der Waals surface area (Å²) in [5.41, 5.74) is 0.821. The van der Waals surface area contributed by atoms with Crippen molar-refractivity contribution in [2.75, 3.05) is 32.1 Å². The summed E-state index contributed by atoms with van der Waals surface area (Å²) in [6.45, 7) is 8.11. The number of ether oxygens (including phenoxy) is 1. The molecule has 20 heavy (non-hydrogen) atoms. The predicted molar refractivity (Wildman–Crippen MR) is 85.4 cm³/mol. The van der Waals surface area contributed by atoms with Crippen LogP contribution in [0.15, 0.2) is 29.2 Å². The molecule has 0 fully saturated rings. The Morgan fingerprint density at radius 1 is 1.25 bits per heavy atom. The number of rotatable bonds is 7. The predicted octanol–water partition coefficient (Wildman–Crippen LogP) is 2.75. The Morgan fingerprint density at radius 3 is 2.45 bits per heavy atom. The summed E-state index contributed by atoms with van der Waals surface area (Å²) in [4.78, 5) is 12.9. The fraction of sp³-hybridized carbons (Fsp3) is 0.533. The van der Waals surface area contributed by atoms with E-state index in [4.69, 9.17) is 4.74 Å². The van der Waals surface area contributed by atoms with E-state index in [2.05, 4.69) is 31.4 Å². The SMILES string of the molecule is COCCNCC(=O)Nc1ccc(SC(C)(C)C)cc1. The maximum absolute atomic E-state index is 11.7. The molecule has 1 aromatic rings. The highest BCUT2D eigenvalue weighted by molar-refractivity contribution is 8.00. The standard InChI is InChI=1S/C15H24N2O2S/c1-15(2,3)20-13-7-5-12(6-8-13)17-14(18)11-16-9-10-19-4/h5-8,16H,9-11H2,1-4H3,(H,17,18). The molecule has 1 rings (SSSR count). The second-order valence-electron chi connectivity index (χ2n) is 5.46. The van der Waals surface area contributed by atoms with Crippen LogP contribution in [0.1, 0.15) is 20.8 Å². The summed E-state index contributed by atoms with van der Waals surface area (Å²) in [7, 11) is 1.64. The van der Waals surface area contributed by atoms with Gasteiger partial charge in [-0.1, -0.05) is 20.8 Å². The third-order valence-electron chi connectivity index (χ3n) is 2.33. The number of nitrogens with one attached hydrogen (secondary N) is 2. The zero-order valence-electron chi connectivity index (χ0n) is 12.7. The van der Waals surface area contributed by atoms with Crippen molar-refractivity contribution in [3.8, 4) is 0 Å². The Labute approximate surface area is 125 Å². The average molecular weight is 296 g/mol. The number of hydrogen-bond donors (Lipinski definition) is 2. The molecular formula is C15H24N2O2S. The van der Waals surface area contributed by atoms with Gasteiger partial charge in [0.2, 0.25) is 5.91 Å². The first-order chi connectivity index (χ1) is 9.40. The van der Waals surface area contributed by atoms with Crippen LogP contribution >= 0.6 is 11.8 Å². The summed E-state index contributed by atoms with van der Waals surface area (Å²) >= 11 is 1.81. The molecule has 0 aliphatic rings. The molecule has 0 aliphatic heterocycles. The fourth-order valence-electron chi connectivity index (χ4n) is 1.54. The van der Waals surface area contributed by atoms with Crippen molar-refractivity contribution in [1.29, 1.82) is 0 Å². The van der Waals surface area contributed by atoms with Crippen LogP contribution in [-0.2, 0) is 9.53 Å². The van der Waals surface area contributed by atoms with Gasteiger partial charge >= 0.3 is 0 Å². The quantitative estimate of drug-likeness (QED) is 0.600. The number of anilines is 1. The summed E-state index contributed by atoms with van der Waals surface area (Å²) in [5, 5.41) is 5.86. The van der Waals surface area contributed by atoms with Crippen LogP contribution in [0.4, 0.5) is 5.69 Å². The number of thioether (sulfide) groups is 1. The van der Waals surface area contributed by atoms with Crippen molar-refractivity contribution >= 4 is 23.4 Å². The molecule has 0 aromatic heterocycles. The highest BCUT2D eigenvalue weighted by Crippen LogP contribution is 2.32. The number of amides is 1. The van der Waals surface area contributed by atoms with Crippen LogP contribution in [0, 0.1) is 0 Å². The van der Waals surface area contributed by atoms with E-state index in [0.29, 0.717) is 19.7 Å². The summed E-state index contributed by atoms with van der Waals surface area (Å²) in [6.07, 6.45) is 0. The largest absolute Gasteiger partial charge is 0.383 e. The summed E-state index contributed by atoms with van der Waals surface area (Å²) in [5.74, 6) is -0.0441. The van der Waals surface area contributed by atoms with Gasteiger partial charge in [-0.2, -0.15) is 0 Å². The Morgan fingerprint density at radius 2 is 1.90 bits per heavy atom. The van der Waals surface area contributed by atoms with Gasteiger partial charge in [-0.15, -0.1) is 11.8 Å². The van der Waals surface area contributed by atoms with Crippen LogP contribution in [0.5, 0.6) is 0 Å². The zero-order valence-corrected chi connectivity index (χ0v) is 13.5. The second-order valence-corrected chi connectivity index (χ2v) is 7.36. The minimum absolute atomic E-state index is 0.0441. The van der Waals surface area contributed by atoms with E-state index in [1.807, 2.05) is 36.0 Å². The lowest BCUT2D eigenvalue weighted by molar-refractivity contribution is -0.115. The maximum atomic E-state index is 11.7. The summed E-state index contributed by atoms with van der Waals surface area (Å²) < 4.78 is 5.09. The van der Waals surface area contributed by atoms with Crippen LogP contribution in [0.25, 0.3) is 0 Å². The van der Waals surface area contributed by atoms with Crippen molar-refractivity contribution in [2.45, 2.75) is 30.4 Å². The fourth-order valence-corrected chi connectivity index (χ4v) is 2.52.